The normalized spacial score (nSPS) is 10.7. The van der Waals surface area contributed by atoms with Gasteiger partial charge in [0, 0.05) is 10.4 Å². The van der Waals surface area contributed by atoms with Gasteiger partial charge in [0.25, 0.3) is 5.22 Å². The van der Waals surface area contributed by atoms with Gasteiger partial charge >= 0.3 is 5.97 Å². The van der Waals surface area contributed by atoms with Crippen molar-refractivity contribution in [1.82, 2.24) is 10.2 Å². The van der Waals surface area contributed by atoms with Crippen LogP contribution in [0.3, 0.4) is 0 Å². The Morgan fingerprint density at radius 3 is 2.61 bits per heavy atom. The number of esters is 1. The lowest BCUT2D eigenvalue weighted by atomic mass is 10.1. The number of ether oxygens (including phenoxy) is 1. The van der Waals surface area contributed by atoms with E-state index in [0.29, 0.717) is 21.7 Å². The van der Waals surface area contributed by atoms with Gasteiger partial charge in [-0.1, -0.05) is 60.3 Å². The van der Waals surface area contributed by atoms with Gasteiger partial charge in [-0.25, -0.2) is 4.79 Å². The number of thiophene rings is 1. The van der Waals surface area contributed by atoms with Crippen molar-refractivity contribution in [2.24, 2.45) is 0 Å². The summed E-state index contributed by atoms with van der Waals surface area (Å²) in [7, 11) is 0. The lowest BCUT2D eigenvalue weighted by Gasteiger charge is -2.05. The van der Waals surface area contributed by atoms with Crippen LogP contribution in [0.2, 0.25) is 0 Å². The van der Waals surface area contributed by atoms with Gasteiger partial charge < -0.3 is 14.5 Å². The van der Waals surface area contributed by atoms with Crippen molar-refractivity contribution in [2.45, 2.75) is 19.1 Å². The highest BCUT2D eigenvalue weighted by molar-refractivity contribution is 7.99. The second-order valence-corrected chi connectivity index (χ2v) is 8.94. The van der Waals surface area contributed by atoms with Gasteiger partial charge in [-0.05, 0) is 37.1 Å². The summed E-state index contributed by atoms with van der Waals surface area (Å²) >= 11 is 2.41. The zero-order chi connectivity index (χ0) is 23.2. The molecule has 4 rings (SSSR count). The Hall–Kier alpha value is -3.43. The SMILES string of the molecule is CCOC(=O)c1sc(-c2ccccc2)cc1NC(=O)CSc1nnc(-c2ccccc2C)o1. The van der Waals surface area contributed by atoms with Gasteiger partial charge in [0.15, 0.2) is 0 Å². The number of aryl methyl sites for hydroxylation is 1. The first-order valence-electron chi connectivity index (χ1n) is 10.2. The van der Waals surface area contributed by atoms with Crippen LogP contribution in [0.4, 0.5) is 5.69 Å². The van der Waals surface area contributed by atoms with Crippen LogP contribution in [-0.2, 0) is 9.53 Å². The maximum Gasteiger partial charge on any atom is 0.350 e. The molecule has 0 spiro atoms. The molecule has 0 radical (unpaired) electrons. The molecule has 2 aromatic carbocycles. The lowest BCUT2D eigenvalue weighted by Crippen LogP contribution is -2.16. The topological polar surface area (TPSA) is 94.3 Å². The summed E-state index contributed by atoms with van der Waals surface area (Å²) in [5.41, 5.74) is 3.26. The molecule has 0 bridgehead atoms. The molecule has 2 heterocycles. The van der Waals surface area contributed by atoms with Crippen molar-refractivity contribution < 1.29 is 18.7 Å². The maximum absolute atomic E-state index is 12.6. The highest BCUT2D eigenvalue weighted by Gasteiger charge is 2.20. The van der Waals surface area contributed by atoms with Crippen LogP contribution < -0.4 is 5.32 Å². The molecule has 0 aliphatic carbocycles. The van der Waals surface area contributed by atoms with Crippen molar-refractivity contribution >= 4 is 40.7 Å². The van der Waals surface area contributed by atoms with E-state index < -0.39 is 5.97 Å². The molecule has 0 aliphatic heterocycles. The Morgan fingerprint density at radius 2 is 1.85 bits per heavy atom. The first kappa shape index (κ1) is 22.8. The Kier molecular flexibility index (Phi) is 7.21. The minimum atomic E-state index is -0.465. The van der Waals surface area contributed by atoms with Crippen LogP contribution in [-0.4, -0.2) is 34.4 Å². The van der Waals surface area contributed by atoms with E-state index in [1.807, 2.05) is 61.5 Å². The first-order chi connectivity index (χ1) is 16.0. The number of hydrogen-bond donors (Lipinski definition) is 1. The summed E-state index contributed by atoms with van der Waals surface area (Å²) in [6, 6.07) is 19.2. The number of nitrogens with zero attached hydrogens (tertiary/aromatic N) is 2. The monoisotopic (exact) mass is 479 g/mol. The number of benzene rings is 2. The molecule has 0 aliphatic rings. The van der Waals surface area contributed by atoms with E-state index in [9.17, 15) is 9.59 Å². The predicted octanol–water partition coefficient (Wildman–Crippen LogP) is 5.68. The van der Waals surface area contributed by atoms with Gasteiger partial charge in [-0.15, -0.1) is 21.5 Å². The zero-order valence-electron chi connectivity index (χ0n) is 18.0. The highest BCUT2D eigenvalue weighted by Crippen LogP contribution is 2.35. The minimum absolute atomic E-state index is 0.0498. The fourth-order valence-electron chi connectivity index (χ4n) is 3.08. The minimum Gasteiger partial charge on any atom is -0.462 e. The third kappa shape index (κ3) is 5.50. The summed E-state index contributed by atoms with van der Waals surface area (Å²) in [4.78, 5) is 26.3. The van der Waals surface area contributed by atoms with Gasteiger partial charge in [-0.2, -0.15) is 0 Å². The van der Waals surface area contributed by atoms with Crippen LogP contribution in [0, 0.1) is 6.92 Å². The summed E-state index contributed by atoms with van der Waals surface area (Å²) in [5, 5.41) is 11.2. The first-order valence-corrected chi connectivity index (χ1v) is 12.0. The molecular formula is C24H21N3O4S2. The van der Waals surface area contributed by atoms with Crippen molar-refractivity contribution in [3.63, 3.8) is 0 Å². The van der Waals surface area contributed by atoms with Gasteiger partial charge in [-0.3, -0.25) is 4.79 Å². The lowest BCUT2D eigenvalue weighted by molar-refractivity contribution is -0.113. The number of thioether (sulfide) groups is 1. The Bertz CT molecular complexity index is 1270. The van der Waals surface area contributed by atoms with Crippen molar-refractivity contribution in [3.05, 3.63) is 71.1 Å². The van der Waals surface area contributed by atoms with E-state index in [2.05, 4.69) is 15.5 Å². The molecule has 168 valence electrons. The quantitative estimate of drug-likeness (QED) is 0.257. The second kappa shape index (κ2) is 10.5. The average molecular weight is 480 g/mol. The van der Waals surface area contributed by atoms with Crippen LogP contribution in [0.15, 0.2) is 70.3 Å². The molecule has 0 atom stereocenters. The van der Waals surface area contributed by atoms with E-state index in [1.54, 1.807) is 13.0 Å². The second-order valence-electron chi connectivity index (χ2n) is 6.96. The smallest absolute Gasteiger partial charge is 0.350 e. The fourth-order valence-corrected chi connectivity index (χ4v) is 4.66. The summed E-state index contributed by atoms with van der Waals surface area (Å²) in [5.74, 6) is -0.300. The van der Waals surface area contributed by atoms with Crippen molar-refractivity contribution in [3.8, 4) is 21.9 Å². The summed E-state index contributed by atoms with van der Waals surface area (Å²) in [6.45, 7) is 3.96. The third-order valence-electron chi connectivity index (χ3n) is 4.63. The number of carbonyl (C=O) groups is 2. The molecule has 0 saturated heterocycles. The Labute approximate surface area is 199 Å². The molecule has 4 aromatic rings. The van der Waals surface area contributed by atoms with Crippen LogP contribution in [0.5, 0.6) is 0 Å². The molecule has 0 saturated carbocycles. The molecular weight excluding hydrogens is 458 g/mol. The summed E-state index contributed by atoms with van der Waals surface area (Å²) < 4.78 is 10.9. The van der Waals surface area contributed by atoms with E-state index in [-0.39, 0.29) is 18.3 Å². The Morgan fingerprint density at radius 1 is 1.09 bits per heavy atom. The number of amides is 1. The predicted molar refractivity (Wildman–Crippen MR) is 130 cm³/mol. The molecule has 2 aromatic heterocycles. The summed E-state index contributed by atoms with van der Waals surface area (Å²) in [6.07, 6.45) is 0. The van der Waals surface area contributed by atoms with Crippen molar-refractivity contribution in [2.75, 3.05) is 17.7 Å². The van der Waals surface area contributed by atoms with Crippen LogP contribution in [0.1, 0.15) is 22.2 Å². The number of nitrogens with one attached hydrogen (secondary N) is 1. The molecule has 7 nitrogen and oxygen atoms in total. The number of rotatable bonds is 8. The van der Waals surface area contributed by atoms with Gasteiger partial charge in [0.05, 0.1) is 18.0 Å². The molecule has 33 heavy (non-hydrogen) atoms. The zero-order valence-corrected chi connectivity index (χ0v) is 19.7. The molecule has 0 fully saturated rings. The average Bonchev–Trinajstić information content (AvgIpc) is 3.46. The molecule has 9 heteroatoms. The van der Waals surface area contributed by atoms with E-state index in [1.165, 1.54) is 11.3 Å². The molecule has 1 amide bonds. The molecule has 0 unspecified atom stereocenters. The largest absolute Gasteiger partial charge is 0.462 e. The van der Waals surface area contributed by atoms with Crippen LogP contribution >= 0.6 is 23.1 Å². The van der Waals surface area contributed by atoms with Gasteiger partial charge in [0.2, 0.25) is 11.8 Å². The fraction of sp³-hybridized carbons (Fsp3) is 0.167. The highest BCUT2D eigenvalue weighted by atomic mass is 32.2. The third-order valence-corrected chi connectivity index (χ3v) is 6.62. The number of aromatic nitrogens is 2. The standard InChI is InChI=1S/C24H21N3O4S2/c1-3-30-23(29)21-18(13-19(33-21)16-10-5-4-6-11-16)25-20(28)14-32-24-27-26-22(31-24)17-12-8-7-9-15(17)2/h4-13H,3,14H2,1-2H3,(H,25,28). The maximum atomic E-state index is 12.6. The molecule has 1 N–H and O–H groups in total. The van der Waals surface area contributed by atoms with Gasteiger partial charge in [0.1, 0.15) is 4.88 Å². The Balaban J connectivity index is 1.45. The number of anilines is 1. The van der Waals surface area contributed by atoms with E-state index in [0.717, 1.165) is 33.3 Å². The van der Waals surface area contributed by atoms with Crippen LogP contribution in [0.25, 0.3) is 21.9 Å². The van der Waals surface area contributed by atoms with Crippen molar-refractivity contribution in [1.29, 1.82) is 0 Å². The van der Waals surface area contributed by atoms with E-state index in [4.69, 9.17) is 9.15 Å². The number of hydrogen-bond acceptors (Lipinski definition) is 8. The number of carbonyl (C=O) groups excluding carboxylic acids is 2. The van der Waals surface area contributed by atoms with E-state index >= 15 is 0 Å².